The minimum atomic E-state index is -0.659. The number of carbonyl (C=O) groups is 8. The number of nitrogens with one attached hydrogen (secondary N) is 3. The van der Waals surface area contributed by atoms with Crippen molar-refractivity contribution in [2.24, 2.45) is 0 Å². The summed E-state index contributed by atoms with van der Waals surface area (Å²) in [6, 6.07) is 21.6. The summed E-state index contributed by atoms with van der Waals surface area (Å²) in [7, 11) is 0. The van der Waals surface area contributed by atoms with Crippen molar-refractivity contribution in [3.05, 3.63) is 133 Å². The molecule has 388 valence electrons. The first-order valence-electron chi connectivity index (χ1n) is 25.2. The Morgan fingerprint density at radius 3 is 1.70 bits per heavy atom. The monoisotopic (exact) mass is 1030 g/mol. The van der Waals surface area contributed by atoms with Crippen LogP contribution in [0.15, 0.2) is 72.8 Å². The molecule has 6 aliphatic heterocycles. The van der Waals surface area contributed by atoms with E-state index in [1.54, 1.807) is 17.0 Å². The maximum absolute atomic E-state index is 13.0. The second-order valence-corrected chi connectivity index (χ2v) is 20.1. The van der Waals surface area contributed by atoms with Crippen molar-refractivity contribution in [2.75, 3.05) is 57.5 Å². The van der Waals surface area contributed by atoms with Gasteiger partial charge in [0.1, 0.15) is 12.1 Å². The Kier molecular flexibility index (Phi) is 16.3. The summed E-state index contributed by atoms with van der Waals surface area (Å²) < 4.78 is 10.8. The highest BCUT2D eigenvalue weighted by atomic mass is 35.5. The Balaban J connectivity index is 0.000000182. The first-order valence-corrected chi connectivity index (χ1v) is 25.6. The van der Waals surface area contributed by atoms with E-state index < -0.39 is 23.9 Å². The fourth-order valence-corrected chi connectivity index (χ4v) is 10.6. The Morgan fingerprint density at radius 1 is 0.662 bits per heavy atom. The molecular weight excluding hydrogens is 968 g/mol. The van der Waals surface area contributed by atoms with Gasteiger partial charge in [-0.05, 0) is 88.5 Å². The number of carbonyl (C=O) groups excluding carboxylic acids is 8. The summed E-state index contributed by atoms with van der Waals surface area (Å²) in [6.07, 6.45) is 1.39. The Hall–Kier alpha value is -6.83. The zero-order chi connectivity index (χ0) is 52.0. The van der Waals surface area contributed by atoms with E-state index in [2.05, 4.69) is 44.8 Å². The average Bonchev–Trinajstić information content (AvgIpc) is 3.89. The number of fused-ring (bicyclic) bond motifs is 2. The summed E-state index contributed by atoms with van der Waals surface area (Å²) in [6.45, 7) is 13.1. The molecule has 0 aromatic heterocycles. The van der Waals surface area contributed by atoms with E-state index >= 15 is 0 Å². The number of aryl methyl sites for hydroxylation is 1. The second kappa shape index (κ2) is 23.2. The molecule has 6 heterocycles. The quantitative estimate of drug-likeness (QED) is 0.163. The van der Waals surface area contributed by atoms with E-state index in [4.69, 9.17) is 21.1 Å². The zero-order valence-corrected chi connectivity index (χ0v) is 42.5. The van der Waals surface area contributed by atoms with Crippen molar-refractivity contribution >= 4 is 64.5 Å². The maximum atomic E-state index is 13.0. The van der Waals surface area contributed by atoms with Gasteiger partial charge in [-0.1, -0.05) is 60.1 Å². The number of hydrogen-bond donors (Lipinski definition) is 3. The molecule has 6 aliphatic rings. The Labute approximate surface area is 434 Å². The van der Waals surface area contributed by atoms with E-state index in [-0.39, 0.29) is 54.8 Å². The lowest BCUT2D eigenvalue weighted by Gasteiger charge is -2.29. The van der Waals surface area contributed by atoms with Crippen LogP contribution in [0.4, 0.5) is 5.69 Å². The van der Waals surface area contributed by atoms with Crippen molar-refractivity contribution in [1.29, 1.82) is 0 Å². The minimum absolute atomic E-state index is 0.0675. The van der Waals surface area contributed by atoms with Crippen LogP contribution in [0.1, 0.15) is 97.8 Å². The summed E-state index contributed by atoms with van der Waals surface area (Å²) in [4.78, 5) is 108. The van der Waals surface area contributed by atoms with Gasteiger partial charge in [-0.25, -0.2) is 0 Å². The molecule has 0 spiro atoms. The van der Waals surface area contributed by atoms with Crippen LogP contribution in [0.3, 0.4) is 0 Å². The number of morpholine rings is 2. The highest BCUT2D eigenvalue weighted by molar-refractivity contribution is 6.31. The Bertz CT molecular complexity index is 2880. The number of rotatable bonds is 13. The van der Waals surface area contributed by atoms with Gasteiger partial charge in [-0.3, -0.25) is 58.8 Å². The highest BCUT2D eigenvalue weighted by Crippen LogP contribution is 2.32. The third kappa shape index (κ3) is 12.2. The van der Waals surface area contributed by atoms with E-state index in [1.807, 2.05) is 48.5 Å². The molecule has 2 atom stereocenters. The van der Waals surface area contributed by atoms with Gasteiger partial charge in [0.15, 0.2) is 0 Å². The molecule has 19 heteroatoms. The van der Waals surface area contributed by atoms with Gasteiger partial charge in [0, 0.05) is 101 Å². The third-order valence-electron chi connectivity index (χ3n) is 14.5. The molecule has 4 saturated heterocycles. The summed E-state index contributed by atoms with van der Waals surface area (Å²) in [5, 5.41) is 8.22. The smallest absolute Gasteiger partial charge is 0.255 e. The van der Waals surface area contributed by atoms with Crippen molar-refractivity contribution in [2.45, 2.75) is 97.3 Å². The van der Waals surface area contributed by atoms with Gasteiger partial charge in [-0.15, -0.1) is 0 Å². The predicted molar refractivity (Wildman–Crippen MR) is 272 cm³/mol. The van der Waals surface area contributed by atoms with E-state index in [0.717, 1.165) is 85.9 Å². The number of halogens is 1. The number of amides is 8. The van der Waals surface area contributed by atoms with Gasteiger partial charge in [0.05, 0.1) is 39.4 Å². The van der Waals surface area contributed by atoms with Crippen molar-refractivity contribution < 1.29 is 47.8 Å². The number of hydrogen-bond acceptors (Lipinski definition) is 12. The van der Waals surface area contributed by atoms with Crippen molar-refractivity contribution in [1.82, 2.24) is 35.6 Å². The molecular formula is C55H61ClN8O10. The van der Waals surface area contributed by atoms with Gasteiger partial charge in [0.2, 0.25) is 35.4 Å². The standard InChI is InChI=1S/C28H32N4O5.C27H29ClN4O5/c1-18-12-19(2-4-21(18)16-31-8-10-37-11-9-31)14-26(34)29-15-20-3-5-23-22(13-20)17-32(28(23)36)24-6-7-25(33)30-27(24)35;1-17(33)31(21-4-3-19(23(28)13-21)15-30-8-10-37-11-9-30)14-18-2-5-22-20(12-18)16-32(27(22)36)24-6-7-25(34)29-26(24)35/h2-5,12-13,24H,6-11,14-17H2,1H3,(H,29,34)(H,30,33,35);2-5,12-13,24H,6-11,14-16H2,1H3,(H,29,34,35). The van der Waals surface area contributed by atoms with Crippen LogP contribution in [-0.2, 0) is 83.9 Å². The van der Waals surface area contributed by atoms with Gasteiger partial charge < -0.3 is 29.5 Å². The number of piperidine rings is 2. The van der Waals surface area contributed by atoms with E-state index in [9.17, 15) is 38.4 Å². The zero-order valence-electron chi connectivity index (χ0n) is 41.7. The summed E-state index contributed by atoms with van der Waals surface area (Å²) in [5.74, 6) is -2.09. The van der Waals surface area contributed by atoms with E-state index in [0.29, 0.717) is 73.9 Å². The van der Waals surface area contributed by atoms with E-state index in [1.165, 1.54) is 27.9 Å². The SMILES string of the molecule is CC(=O)N(Cc1ccc2c(c1)CN(C1CCC(=O)NC1=O)C2=O)c1ccc(CN2CCOCC2)c(Cl)c1.Cc1cc(CC(=O)NCc2ccc3c(c2)CN(C2CCC(=O)NC2=O)C3=O)ccc1CN1CCOCC1. The van der Waals surface area contributed by atoms with Crippen LogP contribution in [0.25, 0.3) is 0 Å². The lowest BCUT2D eigenvalue weighted by molar-refractivity contribution is -0.138. The number of ether oxygens (including phenoxy) is 2. The van der Waals surface area contributed by atoms with Gasteiger partial charge >= 0.3 is 0 Å². The van der Waals surface area contributed by atoms with Crippen LogP contribution in [0.2, 0.25) is 5.02 Å². The number of imide groups is 2. The Morgan fingerprint density at radius 2 is 1.18 bits per heavy atom. The molecule has 4 aromatic rings. The molecule has 0 saturated carbocycles. The van der Waals surface area contributed by atoms with Crippen LogP contribution in [-0.4, -0.2) is 132 Å². The fraction of sp³-hybridized carbons (Fsp3) is 0.418. The number of anilines is 1. The largest absolute Gasteiger partial charge is 0.379 e. The van der Waals surface area contributed by atoms with Crippen LogP contribution in [0.5, 0.6) is 0 Å². The van der Waals surface area contributed by atoms with Crippen LogP contribution < -0.4 is 20.9 Å². The molecule has 0 bridgehead atoms. The molecule has 10 rings (SSSR count). The topological polar surface area (TPSA) is 207 Å². The first-order chi connectivity index (χ1) is 35.7. The molecule has 4 aromatic carbocycles. The summed E-state index contributed by atoms with van der Waals surface area (Å²) >= 11 is 6.61. The predicted octanol–water partition coefficient (Wildman–Crippen LogP) is 3.93. The first kappa shape index (κ1) is 52.0. The second-order valence-electron chi connectivity index (χ2n) is 19.7. The molecule has 74 heavy (non-hydrogen) atoms. The third-order valence-corrected chi connectivity index (χ3v) is 14.9. The molecule has 0 radical (unpaired) electrons. The molecule has 18 nitrogen and oxygen atoms in total. The van der Waals surface area contributed by atoms with Crippen LogP contribution in [0, 0.1) is 6.92 Å². The molecule has 2 unspecified atom stereocenters. The highest BCUT2D eigenvalue weighted by Gasteiger charge is 2.40. The molecule has 8 amide bonds. The van der Waals surface area contributed by atoms with Crippen molar-refractivity contribution in [3.8, 4) is 0 Å². The lowest BCUT2D eigenvalue weighted by Crippen LogP contribution is -2.52. The normalized spacial score (nSPS) is 20.1. The minimum Gasteiger partial charge on any atom is -0.379 e. The molecule has 4 fully saturated rings. The summed E-state index contributed by atoms with van der Waals surface area (Å²) in [5.41, 5.74) is 9.60. The average molecular weight is 1030 g/mol. The molecule has 3 N–H and O–H groups in total. The van der Waals surface area contributed by atoms with Gasteiger partial charge in [-0.2, -0.15) is 0 Å². The molecule has 0 aliphatic carbocycles. The van der Waals surface area contributed by atoms with Crippen molar-refractivity contribution in [3.63, 3.8) is 0 Å². The lowest BCUT2D eigenvalue weighted by atomic mass is 10.0. The van der Waals surface area contributed by atoms with Gasteiger partial charge in [0.25, 0.3) is 11.8 Å². The number of nitrogens with zero attached hydrogens (tertiary/aromatic N) is 5. The number of benzene rings is 4. The maximum Gasteiger partial charge on any atom is 0.255 e. The van der Waals surface area contributed by atoms with Crippen LogP contribution >= 0.6 is 11.6 Å². The fourth-order valence-electron chi connectivity index (χ4n) is 10.4.